The molecule has 0 radical (unpaired) electrons. The van der Waals surface area contributed by atoms with Gasteiger partial charge in [0.15, 0.2) is 5.96 Å². The monoisotopic (exact) mass is 311 g/mol. The highest BCUT2D eigenvalue weighted by Gasteiger charge is 2.03. The Morgan fingerprint density at radius 2 is 1.78 bits per heavy atom. The molecule has 23 heavy (non-hydrogen) atoms. The number of aryl methyl sites for hydroxylation is 1. The Hall–Kier alpha value is -2.49. The summed E-state index contributed by atoms with van der Waals surface area (Å²) in [4.78, 5) is 4.26. The third kappa shape index (κ3) is 5.33. The lowest BCUT2D eigenvalue weighted by molar-refractivity contribution is 0.409. The van der Waals surface area contributed by atoms with Gasteiger partial charge < -0.3 is 15.4 Å². The summed E-state index contributed by atoms with van der Waals surface area (Å²) in [5, 5.41) is 6.65. The van der Waals surface area contributed by atoms with Crippen LogP contribution in [0, 0.1) is 6.92 Å². The largest absolute Gasteiger partial charge is 0.496 e. The average Bonchev–Trinajstić information content (AvgIpc) is 2.59. The van der Waals surface area contributed by atoms with Crippen molar-refractivity contribution in [2.75, 3.05) is 20.7 Å². The predicted octanol–water partition coefficient (Wildman–Crippen LogP) is 2.91. The van der Waals surface area contributed by atoms with Crippen molar-refractivity contribution in [1.29, 1.82) is 0 Å². The lowest BCUT2D eigenvalue weighted by Crippen LogP contribution is -2.37. The maximum Gasteiger partial charge on any atom is 0.191 e. The lowest BCUT2D eigenvalue weighted by atomic mass is 10.1. The summed E-state index contributed by atoms with van der Waals surface area (Å²) in [5.74, 6) is 1.68. The van der Waals surface area contributed by atoms with E-state index < -0.39 is 0 Å². The maximum atomic E-state index is 5.36. The van der Waals surface area contributed by atoms with E-state index in [1.807, 2.05) is 24.3 Å². The van der Waals surface area contributed by atoms with E-state index in [0.717, 1.165) is 30.2 Å². The van der Waals surface area contributed by atoms with E-state index in [2.05, 4.69) is 46.8 Å². The number of guanidine groups is 1. The Labute approximate surface area is 138 Å². The number of nitrogens with zero attached hydrogens (tertiary/aromatic N) is 1. The molecule has 0 bridgehead atoms. The van der Waals surface area contributed by atoms with Gasteiger partial charge in [-0.1, -0.05) is 48.0 Å². The summed E-state index contributed by atoms with van der Waals surface area (Å²) >= 11 is 0. The predicted molar refractivity (Wildman–Crippen MR) is 96.1 cm³/mol. The zero-order valence-corrected chi connectivity index (χ0v) is 14.1. The standard InChI is InChI=1S/C19H25N3O/c1-15-8-10-16(11-9-15)12-13-21-19(20-2)22-14-17-6-4-5-7-18(17)23-3/h4-11H,12-14H2,1-3H3,(H2,20,21,22). The number of nitrogens with one attached hydrogen (secondary N) is 2. The fourth-order valence-electron chi connectivity index (χ4n) is 2.33. The molecule has 0 saturated heterocycles. The van der Waals surface area contributed by atoms with Gasteiger partial charge in [0.1, 0.15) is 5.75 Å². The molecule has 0 unspecified atom stereocenters. The number of ether oxygens (including phenoxy) is 1. The first-order chi connectivity index (χ1) is 11.2. The number of aliphatic imine (C=N–C) groups is 1. The van der Waals surface area contributed by atoms with Crippen LogP contribution < -0.4 is 15.4 Å². The molecule has 122 valence electrons. The van der Waals surface area contributed by atoms with Crippen LogP contribution >= 0.6 is 0 Å². The van der Waals surface area contributed by atoms with Crippen LogP contribution in [-0.4, -0.2) is 26.7 Å². The average molecular weight is 311 g/mol. The van der Waals surface area contributed by atoms with Crippen molar-refractivity contribution in [3.05, 3.63) is 65.2 Å². The number of hydrogen-bond donors (Lipinski definition) is 2. The van der Waals surface area contributed by atoms with Crippen molar-refractivity contribution in [2.24, 2.45) is 4.99 Å². The highest BCUT2D eigenvalue weighted by atomic mass is 16.5. The van der Waals surface area contributed by atoms with Gasteiger partial charge in [0.05, 0.1) is 7.11 Å². The van der Waals surface area contributed by atoms with Crippen molar-refractivity contribution in [3.63, 3.8) is 0 Å². The van der Waals surface area contributed by atoms with E-state index in [4.69, 9.17) is 4.74 Å². The van der Waals surface area contributed by atoms with Crippen LogP contribution in [0.4, 0.5) is 0 Å². The van der Waals surface area contributed by atoms with Gasteiger partial charge >= 0.3 is 0 Å². The molecule has 0 amide bonds. The van der Waals surface area contributed by atoms with Crippen molar-refractivity contribution >= 4 is 5.96 Å². The molecule has 2 rings (SSSR count). The van der Waals surface area contributed by atoms with E-state index in [-0.39, 0.29) is 0 Å². The van der Waals surface area contributed by atoms with Crippen molar-refractivity contribution < 1.29 is 4.74 Å². The molecular weight excluding hydrogens is 286 g/mol. The highest BCUT2D eigenvalue weighted by Crippen LogP contribution is 2.16. The summed E-state index contributed by atoms with van der Waals surface area (Å²) in [6.07, 6.45) is 0.968. The molecule has 2 aromatic carbocycles. The van der Waals surface area contributed by atoms with Gasteiger partial charge in [-0.3, -0.25) is 4.99 Å². The highest BCUT2D eigenvalue weighted by molar-refractivity contribution is 5.79. The van der Waals surface area contributed by atoms with Crippen LogP contribution in [0.5, 0.6) is 5.75 Å². The molecule has 2 N–H and O–H groups in total. The Morgan fingerprint density at radius 3 is 2.48 bits per heavy atom. The second-order valence-corrected chi connectivity index (χ2v) is 5.40. The fraction of sp³-hybridized carbons (Fsp3) is 0.316. The van der Waals surface area contributed by atoms with Gasteiger partial charge in [-0.25, -0.2) is 0 Å². The van der Waals surface area contributed by atoms with Crippen LogP contribution in [0.25, 0.3) is 0 Å². The minimum absolute atomic E-state index is 0.675. The number of methoxy groups -OCH3 is 1. The van der Waals surface area contributed by atoms with E-state index in [0.29, 0.717) is 6.54 Å². The minimum Gasteiger partial charge on any atom is -0.496 e. The summed E-state index contributed by atoms with van der Waals surface area (Å²) in [7, 11) is 3.47. The molecule has 0 spiro atoms. The normalized spacial score (nSPS) is 11.2. The van der Waals surface area contributed by atoms with E-state index in [9.17, 15) is 0 Å². The first-order valence-electron chi connectivity index (χ1n) is 7.85. The van der Waals surface area contributed by atoms with Gasteiger partial charge in [0.2, 0.25) is 0 Å². The van der Waals surface area contributed by atoms with Crippen molar-refractivity contribution in [3.8, 4) is 5.75 Å². The molecule has 0 aliphatic rings. The number of benzene rings is 2. The Kier molecular flexibility index (Phi) is 6.48. The molecule has 0 fully saturated rings. The minimum atomic E-state index is 0.675. The van der Waals surface area contributed by atoms with Gasteiger partial charge in [-0.05, 0) is 25.0 Å². The number of hydrogen-bond acceptors (Lipinski definition) is 2. The topological polar surface area (TPSA) is 45.7 Å². The first-order valence-corrected chi connectivity index (χ1v) is 7.85. The lowest BCUT2D eigenvalue weighted by Gasteiger charge is -2.13. The molecule has 0 heterocycles. The van der Waals surface area contributed by atoms with Crippen LogP contribution in [0.3, 0.4) is 0 Å². The first kappa shape index (κ1) is 16.9. The molecule has 2 aromatic rings. The third-order valence-electron chi connectivity index (χ3n) is 3.69. The Balaban J connectivity index is 1.80. The molecule has 4 heteroatoms. The van der Waals surface area contributed by atoms with Gasteiger partial charge in [-0.15, -0.1) is 0 Å². The zero-order chi connectivity index (χ0) is 16.5. The quantitative estimate of drug-likeness (QED) is 0.637. The number of rotatable bonds is 6. The molecule has 0 saturated carbocycles. The van der Waals surface area contributed by atoms with Gasteiger partial charge in [-0.2, -0.15) is 0 Å². The second-order valence-electron chi connectivity index (χ2n) is 5.40. The van der Waals surface area contributed by atoms with Crippen LogP contribution in [0.15, 0.2) is 53.5 Å². The number of para-hydroxylation sites is 1. The van der Waals surface area contributed by atoms with E-state index >= 15 is 0 Å². The molecule has 0 aromatic heterocycles. The van der Waals surface area contributed by atoms with E-state index in [1.165, 1.54) is 11.1 Å². The summed E-state index contributed by atoms with van der Waals surface area (Å²) in [6, 6.07) is 16.6. The summed E-state index contributed by atoms with van der Waals surface area (Å²) in [5.41, 5.74) is 3.72. The van der Waals surface area contributed by atoms with Gasteiger partial charge in [0, 0.05) is 25.7 Å². The zero-order valence-electron chi connectivity index (χ0n) is 14.1. The smallest absolute Gasteiger partial charge is 0.191 e. The molecule has 0 atom stereocenters. The van der Waals surface area contributed by atoms with Crippen molar-refractivity contribution in [1.82, 2.24) is 10.6 Å². The summed E-state index contributed by atoms with van der Waals surface area (Å²) < 4.78 is 5.36. The Morgan fingerprint density at radius 1 is 1.04 bits per heavy atom. The Bertz CT molecular complexity index is 635. The van der Waals surface area contributed by atoms with Crippen LogP contribution in [0.1, 0.15) is 16.7 Å². The molecule has 0 aliphatic heterocycles. The molecule has 0 aliphatic carbocycles. The van der Waals surface area contributed by atoms with Crippen molar-refractivity contribution in [2.45, 2.75) is 19.9 Å². The van der Waals surface area contributed by atoms with Gasteiger partial charge in [0.25, 0.3) is 0 Å². The summed E-state index contributed by atoms with van der Waals surface area (Å²) in [6.45, 7) is 3.62. The van der Waals surface area contributed by atoms with Crippen LogP contribution in [0.2, 0.25) is 0 Å². The fourth-order valence-corrected chi connectivity index (χ4v) is 2.33. The third-order valence-corrected chi connectivity index (χ3v) is 3.69. The van der Waals surface area contributed by atoms with E-state index in [1.54, 1.807) is 14.2 Å². The maximum absolute atomic E-state index is 5.36. The van der Waals surface area contributed by atoms with Crippen LogP contribution in [-0.2, 0) is 13.0 Å². The molecule has 4 nitrogen and oxygen atoms in total. The molecular formula is C19H25N3O. The second kappa shape index (κ2) is 8.83. The SMILES string of the molecule is CN=C(NCCc1ccc(C)cc1)NCc1ccccc1OC.